The van der Waals surface area contributed by atoms with E-state index in [0.29, 0.717) is 28.8 Å². The fourth-order valence-electron chi connectivity index (χ4n) is 2.86. The van der Waals surface area contributed by atoms with Crippen molar-refractivity contribution < 1.29 is 9.59 Å². The maximum atomic E-state index is 12.5. The highest BCUT2D eigenvalue weighted by atomic mass is 79.9. The fourth-order valence-corrected chi connectivity index (χ4v) is 4.01. The van der Waals surface area contributed by atoms with Crippen molar-refractivity contribution in [3.63, 3.8) is 0 Å². The number of amides is 2. The van der Waals surface area contributed by atoms with Crippen LogP contribution in [-0.4, -0.2) is 32.3 Å². The lowest BCUT2D eigenvalue weighted by Gasteiger charge is -2.15. The van der Waals surface area contributed by atoms with Crippen LogP contribution in [0.2, 0.25) is 0 Å². The highest BCUT2D eigenvalue weighted by Crippen LogP contribution is 2.22. The van der Waals surface area contributed by atoms with Gasteiger partial charge in [-0.25, -0.2) is 0 Å². The van der Waals surface area contributed by atoms with Gasteiger partial charge in [-0.05, 0) is 37.3 Å². The molecule has 1 aromatic heterocycles. The Balaban J connectivity index is 1.66. The summed E-state index contributed by atoms with van der Waals surface area (Å²) in [4.78, 5) is 24.8. The molecular formula is C22H22BrN5O2S. The Bertz CT molecular complexity index is 1070. The van der Waals surface area contributed by atoms with Gasteiger partial charge < -0.3 is 15.2 Å². The molecule has 7 nitrogen and oxygen atoms in total. The first-order chi connectivity index (χ1) is 15.0. The largest absolute Gasteiger partial charge is 0.342 e. The Labute approximate surface area is 193 Å². The van der Waals surface area contributed by atoms with Crippen molar-refractivity contribution in [2.75, 3.05) is 11.1 Å². The van der Waals surface area contributed by atoms with E-state index in [9.17, 15) is 9.59 Å². The minimum atomic E-state index is -0.370. The summed E-state index contributed by atoms with van der Waals surface area (Å²) in [5, 5.41) is 14.8. The maximum absolute atomic E-state index is 12.5. The van der Waals surface area contributed by atoms with Gasteiger partial charge in [-0.1, -0.05) is 58.0 Å². The van der Waals surface area contributed by atoms with Crippen LogP contribution in [0.3, 0.4) is 0 Å². The van der Waals surface area contributed by atoms with Crippen molar-refractivity contribution in [2.24, 2.45) is 0 Å². The summed E-state index contributed by atoms with van der Waals surface area (Å²) < 4.78 is 2.74. The van der Waals surface area contributed by atoms with Gasteiger partial charge in [0.25, 0.3) is 5.91 Å². The highest BCUT2D eigenvalue weighted by molar-refractivity contribution is 9.10. The molecule has 9 heteroatoms. The number of anilines is 1. The Kier molecular flexibility index (Phi) is 8.02. The SMILES string of the molecule is C=CCn1c(SCC(=O)Nc2cccc(Br)c2)nnc1[C@H](C)NC(=O)c1ccccc1. The van der Waals surface area contributed by atoms with Crippen molar-refractivity contribution in [3.8, 4) is 0 Å². The van der Waals surface area contributed by atoms with Gasteiger partial charge in [0.05, 0.1) is 11.8 Å². The molecule has 0 radical (unpaired) electrons. The zero-order valence-corrected chi connectivity index (χ0v) is 19.3. The molecule has 2 amide bonds. The van der Waals surface area contributed by atoms with E-state index < -0.39 is 0 Å². The first-order valence-electron chi connectivity index (χ1n) is 9.56. The number of halogens is 1. The minimum Gasteiger partial charge on any atom is -0.342 e. The number of aromatic nitrogens is 3. The van der Waals surface area contributed by atoms with E-state index in [4.69, 9.17) is 0 Å². The van der Waals surface area contributed by atoms with E-state index in [-0.39, 0.29) is 23.6 Å². The number of carbonyl (C=O) groups is 2. The number of rotatable bonds is 9. The highest BCUT2D eigenvalue weighted by Gasteiger charge is 2.20. The number of nitrogens with zero attached hydrogens (tertiary/aromatic N) is 3. The molecule has 0 bridgehead atoms. The summed E-state index contributed by atoms with van der Waals surface area (Å²) in [6.45, 7) is 6.10. The van der Waals surface area contributed by atoms with Crippen molar-refractivity contribution in [1.29, 1.82) is 0 Å². The molecule has 3 rings (SSSR count). The second kappa shape index (κ2) is 10.9. The molecule has 1 atom stereocenters. The number of carbonyl (C=O) groups excluding carboxylic acids is 2. The zero-order valence-electron chi connectivity index (χ0n) is 16.9. The zero-order chi connectivity index (χ0) is 22.2. The van der Waals surface area contributed by atoms with E-state index in [2.05, 4.69) is 43.3 Å². The predicted molar refractivity (Wildman–Crippen MR) is 126 cm³/mol. The summed E-state index contributed by atoms with van der Waals surface area (Å²) in [6, 6.07) is 16.0. The third-order valence-corrected chi connectivity index (χ3v) is 5.73. The molecule has 0 saturated heterocycles. The van der Waals surface area contributed by atoms with Crippen LogP contribution in [0.1, 0.15) is 29.1 Å². The van der Waals surface area contributed by atoms with E-state index in [1.165, 1.54) is 11.8 Å². The van der Waals surface area contributed by atoms with Gasteiger partial charge in [0.15, 0.2) is 11.0 Å². The van der Waals surface area contributed by atoms with Crippen molar-refractivity contribution in [3.05, 3.63) is 83.1 Å². The molecule has 0 unspecified atom stereocenters. The van der Waals surface area contributed by atoms with Gasteiger partial charge >= 0.3 is 0 Å². The van der Waals surface area contributed by atoms with Crippen molar-refractivity contribution in [1.82, 2.24) is 20.1 Å². The molecule has 0 saturated carbocycles. The number of hydrogen-bond acceptors (Lipinski definition) is 5. The van der Waals surface area contributed by atoms with Gasteiger partial charge in [0, 0.05) is 22.3 Å². The van der Waals surface area contributed by atoms with Gasteiger partial charge in [-0.3, -0.25) is 9.59 Å². The minimum absolute atomic E-state index is 0.150. The topological polar surface area (TPSA) is 88.9 Å². The lowest BCUT2D eigenvalue weighted by molar-refractivity contribution is -0.113. The fraction of sp³-hybridized carbons (Fsp3) is 0.182. The molecule has 0 aliphatic rings. The van der Waals surface area contributed by atoms with Crippen LogP contribution in [-0.2, 0) is 11.3 Å². The summed E-state index contributed by atoms with van der Waals surface area (Å²) in [5.74, 6) is 0.429. The van der Waals surface area contributed by atoms with Crippen LogP contribution in [0.4, 0.5) is 5.69 Å². The number of hydrogen-bond donors (Lipinski definition) is 2. The molecule has 2 aromatic carbocycles. The van der Waals surface area contributed by atoms with E-state index in [1.54, 1.807) is 18.2 Å². The Morgan fingerprint density at radius 1 is 1.19 bits per heavy atom. The van der Waals surface area contributed by atoms with Gasteiger partial charge in [-0.15, -0.1) is 16.8 Å². The maximum Gasteiger partial charge on any atom is 0.251 e. The normalized spacial score (nSPS) is 11.5. The molecule has 160 valence electrons. The summed E-state index contributed by atoms with van der Waals surface area (Å²) in [6.07, 6.45) is 1.73. The van der Waals surface area contributed by atoms with Crippen LogP contribution in [0.5, 0.6) is 0 Å². The van der Waals surface area contributed by atoms with Crippen molar-refractivity contribution >= 4 is 45.2 Å². The van der Waals surface area contributed by atoms with E-state index in [0.717, 1.165) is 4.47 Å². The smallest absolute Gasteiger partial charge is 0.251 e. The van der Waals surface area contributed by atoms with Crippen LogP contribution in [0.25, 0.3) is 0 Å². The van der Waals surface area contributed by atoms with Gasteiger partial charge in [0.2, 0.25) is 5.91 Å². The Hall–Kier alpha value is -2.91. The molecule has 3 aromatic rings. The second-order valence-corrected chi connectivity index (χ2v) is 8.51. The molecule has 0 spiro atoms. The van der Waals surface area contributed by atoms with Gasteiger partial charge in [0.1, 0.15) is 0 Å². The average molecular weight is 500 g/mol. The molecule has 0 aliphatic heterocycles. The predicted octanol–water partition coefficient (Wildman–Crippen LogP) is 4.45. The molecule has 31 heavy (non-hydrogen) atoms. The number of allylic oxidation sites excluding steroid dienone is 1. The van der Waals surface area contributed by atoms with Crippen LogP contribution in [0, 0.1) is 0 Å². The Morgan fingerprint density at radius 3 is 2.68 bits per heavy atom. The first kappa shape index (κ1) is 22.8. The summed E-state index contributed by atoms with van der Waals surface area (Å²) in [5.41, 5.74) is 1.29. The third-order valence-electron chi connectivity index (χ3n) is 4.27. The number of nitrogens with one attached hydrogen (secondary N) is 2. The summed E-state index contributed by atoms with van der Waals surface area (Å²) >= 11 is 4.66. The second-order valence-electron chi connectivity index (χ2n) is 6.65. The molecule has 1 heterocycles. The number of thioether (sulfide) groups is 1. The molecule has 2 N–H and O–H groups in total. The van der Waals surface area contributed by atoms with Gasteiger partial charge in [-0.2, -0.15) is 0 Å². The van der Waals surface area contributed by atoms with Crippen molar-refractivity contribution in [2.45, 2.75) is 24.7 Å². The Morgan fingerprint density at radius 2 is 1.97 bits per heavy atom. The molecular weight excluding hydrogens is 478 g/mol. The first-order valence-corrected chi connectivity index (χ1v) is 11.3. The molecule has 0 aliphatic carbocycles. The standard InChI is InChI=1S/C22H22BrN5O2S/c1-3-12-28-20(15(2)24-21(30)16-8-5-4-6-9-16)26-27-22(28)31-14-19(29)25-18-11-7-10-17(23)13-18/h3-11,13,15H,1,12,14H2,2H3,(H,24,30)(H,25,29)/t15-/m0/s1. The number of benzene rings is 2. The average Bonchev–Trinajstić information content (AvgIpc) is 3.16. The molecule has 0 fully saturated rings. The van der Waals surface area contributed by atoms with Crippen LogP contribution >= 0.6 is 27.7 Å². The lowest BCUT2D eigenvalue weighted by atomic mass is 10.2. The van der Waals surface area contributed by atoms with Crippen LogP contribution in [0.15, 0.2) is 76.9 Å². The van der Waals surface area contributed by atoms with Crippen LogP contribution < -0.4 is 10.6 Å². The monoisotopic (exact) mass is 499 g/mol. The summed E-state index contributed by atoms with van der Waals surface area (Å²) in [7, 11) is 0. The lowest BCUT2D eigenvalue weighted by Crippen LogP contribution is -2.28. The van der Waals surface area contributed by atoms with E-state index in [1.807, 2.05) is 54.0 Å². The quantitative estimate of drug-likeness (QED) is 0.335. The third kappa shape index (κ3) is 6.28. The van der Waals surface area contributed by atoms with E-state index >= 15 is 0 Å².